The highest BCUT2D eigenvalue weighted by Gasteiger charge is 2.32. The minimum absolute atomic E-state index is 0.0596. The van der Waals surface area contributed by atoms with Gasteiger partial charge in [-0.1, -0.05) is 6.07 Å². The van der Waals surface area contributed by atoms with E-state index in [1.807, 2.05) is 4.90 Å². The van der Waals surface area contributed by atoms with Crippen LogP contribution in [0.5, 0.6) is 0 Å². The monoisotopic (exact) mass is 513 g/mol. The predicted molar refractivity (Wildman–Crippen MR) is 127 cm³/mol. The Morgan fingerprint density at radius 1 is 1.17 bits per heavy atom. The fraction of sp³-hybridized carbons (Fsp3) is 0.560. The van der Waals surface area contributed by atoms with Crippen molar-refractivity contribution in [3.63, 3.8) is 0 Å². The molecule has 0 spiro atoms. The Bertz CT molecular complexity index is 1100. The number of aromatic nitrogens is 1. The normalized spacial score (nSPS) is 16.5. The second-order valence-corrected chi connectivity index (χ2v) is 9.89. The summed E-state index contributed by atoms with van der Waals surface area (Å²) in [4.78, 5) is 31.6. The van der Waals surface area contributed by atoms with Crippen LogP contribution in [0.15, 0.2) is 24.4 Å². The van der Waals surface area contributed by atoms with Gasteiger partial charge in [0.15, 0.2) is 0 Å². The maximum absolute atomic E-state index is 13.3. The number of benzene rings is 1. The second-order valence-electron chi connectivity index (χ2n) is 9.89. The molecular formula is C25H31F4N3O4. The Labute approximate surface area is 206 Å². The van der Waals surface area contributed by atoms with E-state index in [9.17, 15) is 32.3 Å². The summed E-state index contributed by atoms with van der Waals surface area (Å²) in [7, 11) is 0. The number of nitrogens with one attached hydrogen (secondary N) is 1. The predicted octanol–water partition coefficient (Wildman–Crippen LogP) is 4.40. The molecule has 0 bridgehead atoms. The summed E-state index contributed by atoms with van der Waals surface area (Å²) < 4.78 is 58.3. The molecule has 0 radical (unpaired) electrons. The summed E-state index contributed by atoms with van der Waals surface area (Å²) in [6, 6.07) is 1.88. The van der Waals surface area contributed by atoms with Gasteiger partial charge >= 0.3 is 12.1 Å². The van der Waals surface area contributed by atoms with Crippen LogP contribution in [0.1, 0.15) is 62.4 Å². The molecule has 2 heterocycles. The van der Waals surface area contributed by atoms with Crippen LogP contribution in [0.25, 0.3) is 10.9 Å². The van der Waals surface area contributed by atoms with Crippen LogP contribution >= 0.6 is 0 Å². The molecule has 1 aliphatic heterocycles. The molecular weight excluding hydrogens is 482 g/mol. The number of anilines is 1. The number of esters is 1. The number of piperidine rings is 1. The van der Waals surface area contributed by atoms with Gasteiger partial charge in [-0.3, -0.25) is 14.6 Å². The maximum Gasteiger partial charge on any atom is 0.416 e. The zero-order valence-corrected chi connectivity index (χ0v) is 20.5. The lowest BCUT2D eigenvalue weighted by Gasteiger charge is -2.32. The van der Waals surface area contributed by atoms with Gasteiger partial charge in [0.05, 0.1) is 34.8 Å². The van der Waals surface area contributed by atoms with Crippen molar-refractivity contribution in [2.45, 2.75) is 70.4 Å². The average Bonchev–Trinajstić information content (AvgIpc) is 2.80. The molecule has 11 heteroatoms. The van der Waals surface area contributed by atoms with Crippen LogP contribution in [0.4, 0.5) is 23.2 Å². The molecule has 1 amide bonds. The van der Waals surface area contributed by atoms with Crippen LogP contribution in [-0.2, 0) is 15.7 Å². The first-order chi connectivity index (χ1) is 16.8. The van der Waals surface area contributed by atoms with Crippen molar-refractivity contribution in [3.05, 3.63) is 35.5 Å². The highest BCUT2D eigenvalue weighted by atomic mass is 19.4. The third-order valence-electron chi connectivity index (χ3n) is 5.83. The number of halogens is 4. The molecule has 1 fully saturated rings. The van der Waals surface area contributed by atoms with E-state index in [1.54, 1.807) is 20.8 Å². The largest absolute Gasteiger partial charge is 0.460 e. The summed E-state index contributed by atoms with van der Waals surface area (Å²) in [6.45, 7) is 4.94. The molecule has 3 rings (SSSR count). The Hall–Kier alpha value is -2.95. The van der Waals surface area contributed by atoms with E-state index in [0.29, 0.717) is 24.2 Å². The first-order valence-corrected chi connectivity index (χ1v) is 11.8. The molecule has 0 saturated carbocycles. The van der Waals surface area contributed by atoms with Gasteiger partial charge in [-0.15, -0.1) is 0 Å². The Kier molecular flexibility index (Phi) is 8.43. The van der Waals surface area contributed by atoms with Crippen molar-refractivity contribution in [2.75, 3.05) is 24.7 Å². The van der Waals surface area contributed by atoms with Crippen molar-refractivity contribution in [3.8, 4) is 0 Å². The van der Waals surface area contributed by atoms with Crippen molar-refractivity contribution < 1.29 is 37.0 Å². The van der Waals surface area contributed by atoms with E-state index >= 15 is 0 Å². The average molecular weight is 514 g/mol. The van der Waals surface area contributed by atoms with Crippen LogP contribution in [0.2, 0.25) is 0 Å². The van der Waals surface area contributed by atoms with Gasteiger partial charge in [-0.05, 0) is 52.2 Å². The van der Waals surface area contributed by atoms with Gasteiger partial charge in [0, 0.05) is 24.7 Å². The molecule has 7 nitrogen and oxygen atoms in total. The smallest absolute Gasteiger partial charge is 0.416 e. The molecule has 2 unspecified atom stereocenters. The molecule has 1 aliphatic rings. The van der Waals surface area contributed by atoms with E-state index in [2.05, 4.69) is 10.3 Å². The highest BCUT2D eigenvalue weighted by Crippen LogP contribution is 2.36. The highest BCUT2D eigenvalue weighted by molar-refractivity contribution is 6.07. The summed E-state index contributed by atoms with van der Waals surface area (Å²) in [5, 5.41) is 13.0. The molecule has 1 aromatic heterocycles. The number of carbonyl (C=O) groups is 2. The Morgan fingerprint density at radius 3 is 2.42 bits per heavy atom. The number of nitrogens with zero attached hydrogens (tertiary/aromatic N) is 2. The first-order valence-electron chi connectivity index (χ1n) is 11.8. The number of rotatable bonds is 7. The second kappa shape index (κ2) is 11.0. The van der Waals surface area contributed by atoms with Crippen molar-refractivity contribution in [1.82, 2.24) is 10.3 Å². The molecule has 1 aromatic carbocycles. The number of carbonyl (C=O) groups excluding carboxylic acids is 2. The summed E-state index contributed by atoms with van der Waals surface area (Å²) in [5.41, 5.74) is -1.12. The molecule has 2 aromatic rings. The number of aliphatic hydroxyl groups is 1. The fourth-order valence-electron chi connectivity index (χ4n) is 4.18. The molecule has 2 N–H and O–H groups in total. The number of alkyl halides is 4. The molecule has 1 saturated heterocycles. The van der Waals surface area contributed by atoms with Crippen molar-refractivity contribution in [2.24, 2.45) is 0 Å². The minimum Gasteiger partial charge on any atom is -0.460 e. The number of amides is 1. The SMILES string of the molecule is CC(C)(C)OC(=O)CC(NC(=O)c1cnc2cc(C(F)(F)F)ccc2c1N1CCCCC1)C(O)CF. The van der Waals surface area contributed by atoms with Gasteiger partial charge in [-0.2, -0.15) is 13.2 Å². The van der Waals surface area contributed by atoms with Crippen molar-refractivity contribution >= 4 is 28.5 Å². The zero-order chi connectivity index (χ0) is 26.7. The van der Waals surface area contributed by atoms with E-state index in [1.165, 1.54) is 12.3 Å². The minimum atomic E-state index is -4.55. The van der Waals surface area contributed by atoms with Crippen molar-refractivity contribution in [1.29, 1.82) is 0 Å². The standard InChI is InChI=1S/C25H31F4N3O4/c1-24(2,3)36-21(34)12-19(20(33)13-26)31-23(35)17-14-30-18-11-15(25(27,28)29)7-8-16(18)22(17)32-9-5-4-6-10-32/h7-8,11,14,19-20,33H,4-6,9-10,12-13H2,1-3H3,(H,31,35). The number of ether oxygens (including phenoxy) is 1. The van der Waals surface area contributed by atoms with E-state index in [4.69, 9.17) is 4.74 Å². The number of hydrogen-bond donors (Lipinski definition) is 2. The third kappa shape index (κ3) is 6.83. The number of aliphatic hydroxyl groups excluding tert-OH is 1. The van der Waals surface area contributed by atoms with Crippen LogP contribution in [-0.4, -0.2) is 59.5 Å². The molecule has 0 aliphatic carbocycles. The topological polar surface area (TPSA) is 91.8 Å². The zero-order valence-electron chi connectivity index (χ0n) is 20.5. The third-order valence-corrected chi connectivity index (χ3v) is 5.83. The van der Waals surface area contributed by atoms with E-state index in [0.717, 1.165) is 31.4 Å². The molecule has 198 valence electrons. The van der Waals surface area contributed by atoms with E-state index < -0.39 is 54.5 Å². The maximum atomic E-state index is 13.3. The molecule has 36 heavy (non-hydrogen) atoms. The quantitative estimate of drug-likeness (QED) is 0.421. The van der Waals surface area contributed by atoms with E-state index in [-0.39, 0.29) is 11.1 Å². The fourth-order valence-corrected chi connectivity index (χ4v) is 4.18. The number of hydrogen-bond acceptors (Lipinski definition) is 6. The Balaban J connectivity index is 1.99. The van der Waals surface area contributed by atoms with Gasteiger partial charge in [0.25, 0.3) is 5.91 Å². The van der Waals surface area contributed by atoms with Gasteiger partial charge in [-0.25, -0.2) is 4.39 Å². The van der Waals surface area contributed by atoms with Gasteiger partial charge in [0.1, 0.15) is 18.4 Å². The number of pyridine rings is 1. The summed E-state index contributed by atoms with van der Waals surface area (Å²) in [5.74, 6) is -1.46. The summed E-state index contributed by atoms with van der Waals surface area (Å²) in [6.07, 6.45) is -2.84. The van der Waals surface area contributed by atoms with Gasteiger partial charge < -0.3 is 20.1 Å². The van der Waals surface area contributed by atoms with Gasteiger partial charge in [0.2, 0.25) is 0 Å². The lowest BCUT2D eigenvalue weighted by atomic mass is 10.0. The van der Waals surface area contributed by atoms with Crippen LogP contribution < -0.4 is 10.2 Å². The lowest BCUT2D eigenvalue weighted by molar-refractivity contribution is -0.156. The Morgan fingerprint density at radius 2 is 1.83 bits per heavy atom. The first kappa shape index (κ1) is 27.6. The van der Waals surface area contributed by atoms with Crippen LogP contribution in [0.3, 0.4) is 0 Å². The molecule has 2 atom stereocenters. The summed E-state index contributed by atoms with van der Waals surface area (Å²) >= 11 is 0. The van der Waals surface area contributed by atoms with Crippen LogP contribution in [0, 0.1) is 0 Å². The number of fused-ring (bicyclic) bond motifs is 1. The lowest BCUT2D eigenvalue weighted by Crippen LogP contribution is -2.47.